The highest BCUT2D eigenvalue weighted by Crippen LogP contribution is 2.36. The quantitative estimate of drug-likeness (QED) is 0.906. The molecule has 1 aromatic rings. The molecule has 0 aromatic heterocycles. The number of ether oxygens (including phenoxy) is 1. The summed E-state index contributed by atoms with van der Waals surface area (Å²) >= 11 is 0. The van der Waals surface area contributed by atoms with Gasteiger partial charge in [-0.25, -0.2) is 0 Å². The molecule has 0 amide bonds. The van der Waals surface area contributed by atoms with Crippen molar-refractivity contribution in [3.63, 3.8) is 0 Å². The van der Waals surface area contributed by atoms with Gasteiger partial charge in [-0.15, -0.1) is 0 Å². The highest BCUT2D eigenvalue weighted by atomic mass is 16.5. The number of anilines is 1. The minimum Gasteiger partial charge on any atom is -0.487 e. The molecule has 3 nitrogen and oxygen atoms in total. The van der Waals surface area contributed by atoms with E-state index >= 15 is 0 Å². The van der Waals surface area contributed by atoms with Crippen molar-refractivity contribution >= 4 is 5.69 Å². The molecule has 3 heteroatoms. The van der Waals surface area contributed by atoms with Crippen molar-refractivity contribution in [3.8, 4) is 5.75 Å². The number of benzene rings is 1. The lowest BCUT2D eigenvalue weighted by Crippen LogP contribution is -2.44. The van der Waals surface area contributed by atoms with Crippen molar-refractivity contribution in [2.24, 2.45) is 5.73 Å². The van der Waals surface area contributed by atoms with Crippen LogP contribution in [-0.2, 0) is 0 Å². The average molecular weight is 262 g/mol. The van der Waals surface area contributed by atoms with Gasteiger partial charge < -0.3 is 15.4 Å². The van der Waals surface area contributed by atoms with E-state index < -0.39 is 0 Å². The summed E-state index contributed by atoms with van der Waals surface area (Å²) in [5, 5.41) is 0. The number of rotatable bonds is 4. The van der Waals surface area contributed by atoms with Gasteiger partial charge >= 0.3 is 0 Å². The number of fused-ring (bicyclic) bond motifs is 1. The first kappa shape index (κ1) is 14.2. The fourth-order valence-electron chi connectivity index (χ4n) is 2.49. The predicted octanol–water partition coefficient (Wildman–Crippen LogP) is 3.13. The molecule has 0 saturated carbocycles. The Morgan fingerprint density at radius 3 is 2.79 bits per heavy atom. The third-order valence-electron chi connectivity index (χ3n) is 3.78. The van der Waals surface area contributed by atoms with E-state index in [-0.39, 0.29) is 12.1 Å². The van der Waals surface area contributed by atoms with Gasteiger partial charge in [-0.1, -0.05) is 26.8 Å². The predicted molar refractivity (Wildman–Crippen MR) is 81.1 cm³/mol. The van der Waals surface area contributed by atoms with Gasteiger partial charge in [0.1, 0.15) is 11.9 Å². The maximum absolute atomic E-state index is 6.12. The lowest BCUT2D eigenvalue weighted by Gasteiger charge is -2.36. The van der Waals surface area contributed by atoms with Gasteiger partial charge in [0.15, 0.2) is 0 Å². The molecule has 0 saturated heterocycles. The van der Waals surface area contributed by atoms with Crippen molar-refractivity contribution in [2.75, 3.05) is 18.0 Å². The summed E-state index contributed by atoms with van der Waals surface area (Å²) in [5.74, 6) is 1.53. The first-order valence-corrected chi connectivity index (χ1v) is 7.32. The van der Waals surface area contributed by atoms with Gasteiger partial charge in [0.25, 0.3) is 0 Å². The number of hydrogen-bond acceptors (Lipinski definition) is 3. The lowest BCUT2D eigenvalue weighted by molar-refractivity contribution is 0.211. The average Bonchev–Trinajstić information content (AvgIpc) is 2.37. The highest BCUT2D eigenvalue weighted by molar-refractivity contribution is 5.62. The van der Waals surface area contributed by atoms with Crippen LogP contribution < -0.4 is 15.4 Å². The minimum absolute atomic E-state index is 0.223. The van der Waals surface area contributed by atoms with Gasteiger partial charge in [0.05, 0.1) is 12.2 Å². The Bertz CT molecular complexity index is 431. The van der Waals surface area contributed by atoms with Crippen LogP contribution in [-0.4, -0.2) is 25.2 Å². The fraction of sp³-hybridized carbons (Fsp3) is 0.625. The van der Waals surface area contributed by atoms with Gasteiger partial charge in [0.2, 0.25) is 0 Å². The summed E-state index contributed by atoms with van der Waals surface area (Å²) in [4.78, 5) is 2.38. The molecule has 0 aliphatic carbocycles. The van der Waals surface area contributed by atoms with E-state index in [4.69, 9.17) is 10.5 Å². The van der Waals surface area contributed by atoms with E-state index in [9.17, 15) is 0 Å². The Hall–Kier alpha value is -1.22. The van der Waals surface area contributed by atoms with Crippen LogP contribution in [0.4, 0.5) is 5.69 Å². The second-order valence-corrected chi connectivity index (χ2v) is 5.88. The molecule has 0 bridgehead atoms. The van der Waals surface area contributed by atoms with Crippen molar-refractivity contribution in [3.05, 3.63) is 23.8 Å². The molecule has 2 rings (SSSR count). The molecule has 1 aromatic carbocycles. The number of nitrogens with zero attached hydrogens (tertiary/aromatic N) is 1. The molecule has 19 heavy (non-hydrogen) atoms. The standard InChI is InChI=1S/C16H26N2O/c1-5-14(17)10-18-9-12(4)19-16-7-6-13(11(2)3)8-15(16)18/h6-8,11-12,14H,5,9-10,17H2,1-4H3. The Kier molecular flexibility index (Phi) is 4.35. The normalized spacial score (nSPS) is 20.1. The molecule has 2 unspecified atom stereocenters. The van der Waals surface area contributed by atoms with Crippen LogP contribution in [0.2, 0.25) is 0 Å². The van der Waals surface area contributed by atoms with E-state index in [1.807, 2.05) is 0 Å². The third-order valence-corrected chi connectivity index (χ3v) is 3.78. The molecule has 2 N–H and O–H groups in total. The van der Waals surface area contributed by atoms with E-state index in [0.29, 0.717) is 5.92 Å². The van der Waals surface area contributed by atoms with Crippen LogP contribution in [0.1, 0.15) is 45.6 Å². The lowest BCUT2D eigenvalue weighted by atomic mass is 10.0. The SMILES string of the molecule is CCC(N)CN1CC(C)Oc2ccc(C(C)C)cc21. The van der Waals surface area contributed by atoms with E-state index in [1.54, 1.807) is 0 Å². The smallest absolute Gasteiger partial charge is 0.143 e. The van der Waals surface area contributed by atoms with Crippen LogP contribution in [0.15, 0.2) is 18.2 Å². The Morgan fingerprint density at radius 2 is 2.16 bits per heavy atom. The van der Waals surface area contributed by atoms with E-state index in [2.05, 4.69) is 50.8 Å². The van der Waals surface area contributed by atoms with Gasteiger partial charge in [-0.05, 0) is 37.0 Å². The fourth-order valence-corrected chi connectivity index (χ4v) is 2.49. The number of nitrogens with two attached hydrogens (primary N) is 1. The maximum Gasteiger partial charge on any atom is 0.143 e. The first-order chi connectivity index (χ1) is 9.01. The van der Waals surface area contributed by atoms with Crippen LogP contribution in [0.25, 0.3) is 0 Å². The molecule has 1 heterocycles. The van der Waals surface area contributed by atoms with Crippen molar-refractivity contribution in [2.45, 2.75) is 52.2 Å². The van der Waals surface area contributed by atoms with Crippen LogP contribution >= 0.6 is 0 Å². The summed E-state index contributed by atoms with van der Waals surface area (Å²) in [7, 11) is 0. The number of hydrogen-bond donors (Lipinski definition) is 1. The summed E-state index contributed by atoms with van der Waals surface area (Å²) in [6, 6.07) is 6.75. The van der Waals surface area contributed by atoms with Crippen LogP contribution in [0, 0.1) is 0 Å². The molecule has 1 aliphatic heterocycles. The Labute approximate surface area is 116 Å². The zero-order chi connectivity index (χ0) is 14.0. The minimum atomic E-state index is 0.223. The molecule has 0 spiro atoms. The monoisotopic (exact) mass is 262 g/mol. The van der Waals surface area contributed by atoms with Crippen LogP contribution in [0.3, 0.4) is 0 Å². The van der Waals surface area contributed by atoms with E-state index in [0.717, 1.165) is 25.3 Å². The Balaban J connectivity index is 2.30. The van der Waals surface area contributed by atoms with Crippen molar-refractivity contribution in [1.82, 2.24) is 0 Å². The molecule has 0 fully saturated rings. The van der Waals surface area contributed by atoms with Gasteiger partial charge in [-0.3, -0.25) is 0 Å². The highest BCUT2D eigenvalue weighted by Gasteiger charge is 2.24. The van der Waals surface area contributed by atoms with Crippen molar-refractivity contribution in [1.29, 1.82) is 0 Å². The molecule has 106 valence electrons. The van der Waals surface area contributed by atoms with Crippen LogP contribution in [0.5, 0.6) is 5.75 Å². The summed E-state index contributed by atoms with van der Waals surface area (Å²) in [6.45, 7) is 10.5. The van der Waals surface area contributed by atoms with Crippen molar-refractivity contribution < 1.29 is 4.74 Å². The zero-order valence-electron chi connectivity index (χ0n) is 12.5. The largest absolute Gasteiger partial charge is 0.487 e. The maximum atomic E-state index is 6.12. The molecular weight excluding hydrogens is 236 g/mol. The molecule has 2 atom stereocenters. The second-order valence-electron chi connectivity index (χ2n) is 5.88. The van der Waals surface area contributed by atoms with E-state index in [1.165, 1.54) is 11.3 Å². The third kappa shape index (κ3) is 3.21. The molecule has 0 radical (unpaired) electrons. The first-order valence-electron chi connectivity index (χ1n) is 7.32. The second kappa shape index (κ2) is 5.83. The topological polar surface area (TPSA) is 38.5 Å². The summed E-state index contributed by atoms with van der Waals surface area (Å²) < 4.78 is 5.93. The molecular formula is C16H26N2O. The summed E-state index contributed by atoms with van der Waals surface area (Å²) in [5.41, 5.74) is 8.68. The van der Waals surface area contributed by atoms with Gasteiger partial charge in [0, 0.05) is 12.6 Å². The van der Waals surface area contributed by atoms with Gasteiger partial charge in [-0.2, -0.15) is 0 Å². The molecule has 1 aliphatic rings. The zero-order valence-corrected chi connectivity index (χ0v) is 12.5. The summed E-state index contributed by atoms with van der Waals surface area (Å²) in [6.07, 6.45) is 1.23. The Morgan fingerprint density at radius 1 is 1.42 bits per heavy atom.